The van der Waals surface area contributed by atoms with Crippen LogP contribution in [0.15, 0.2) is 23.9 Å². The van der Waals surface area contributed by atoms with Crippen molar-refractivity contribution in [3.05, 3.63) is 34.0 Å². The monoisotopic (exact) mass is 229 g/mol. The number of allylic oxidation sites excluding steroid dienone is 1. The van der Waals surface area contributed by atoms with Crippen molar-refractivity contribution in [2.45, 2.75) is 6.04 Å². The van der Waals surface area contributed by atoms with Gasteiger partial charge < -0.3 is 5.43 Å². The van der Waals surface area contributed by atoms with Crippen LogP contribution in [0, 0.1) is 16.0 Å². The molecule has 2 rings (SSSR count). The number of hydrogen-bond donors (Lipinski definition) is 1. The van der Waals surface area contributed by atoms with Gasteiger partial charge in [-0.15, -0.1) is 0 Å². The Morgan fingerprint density at radius 3 is 3.07 bits per heavy atom. The average molecular weight is 229 g/mol. The van der Waals surface area contributed by atoms with Crippen LogP contribution < -0.4 is 5.43 Å². The van der Waals surface area contributed by atoms with Crippen molar-refractivity contribution in [1.82, 2.24) is 10.2 Å². The Labute approximate surface area is 88.2 Å². The summed E-state index contributed by atoms with van der Waals surface area (Å²) in [5.74, 6) is -0.0899. The van der Waals surface area contributed by atoms with E-state index in [1.807, 2.05) is 0 Å². The van der Waals surface area contributed by atoms with E-state index in [9.17, 15) is 10.1 Å². The zero-order valence-electron chi connectivity index (χ0n) is 7.08. The van der Waals surface area contributed by atoms with Crippen molar-refractivity contribution >= 4 is 26.6 Å². The molecule has 14 heavy (non-hydrogen) atoms. The predicted octanol–water partition coefficient (Wildman–Crippen LogP) is 0.639. The molecule has 0 bridgehead atoms. The fourth-order valence-corrected chi connectivity index (χ4v) is 2.38. The minimum Gasteiger partial charge on any atom is -0.309 e. The second-order valence-corrected chi connectivity index (χ2v) is 4.10. The number of nitro groups is 1. The van der Waals surface area contributed by atoms with Crippen molar-refractivity contribution < 1.29 is 4.92 Å². The third-order valence-electron chi connectivity index (χ3n) is 2.26. The van der Waals surface area contributed by atoms with E-state index < -0.39 is 4.92 Å². The highest BCUT2D eigenvalue weighted by Gasteiger charge is 2.37. The first-order valence-electron chi connectivity index (χ1n) is 3.98. The Bertz CT molecular complexity index is 368. The second kappa shape index (κ2) is 3.38. The lowest BCUT2D eigenvalue weighted by atomic mass is 9.96. The van der Waals surface area contributed by atoms with E-state index in [0.29, 0.717) is 4.99 Å². The number of hydrazine groups is 1. The molecule has 2 aliphatic rings. The van der Waals surface area contributed by atoms with Gasteiger partial charge in [0.25, 0.3) is 5.70 Å². The third-order valence-corrected chi connectivity index (χ3v) is 3.09. The van der Waals surface area contributed by atoms with Gasteiger partial charge in [-0.3, -0.25) is 10.1 Å². The lowest BCUT2D eigenvalue weighted by Gasteiger charge is -2.18. The normalized spacial score (nSPS) is 30.9. The summed E-state index contributed by atoms with van der Waals surface area (Å²) in [6.45, 7) is 0. The number of nitrogens with zero attached hydrogens (tertiary/aromatic N) is 2. The number of hydrogen-bond acceptors (Lipinski definition) is 4. The van der Waals surface area contributed by atoms with E-state index in [4.69, 9.17) is 12.2 Å². The first kappa shape index (κ1) is 9.71. The van der Waals surface area contributed by atoms with Gasteiger partial charge in [-0.05, 0) is 9.39 Å². The summed E-state index contributed by atoms with van der Waals surface area (Å²) in [6, 6.07) is 0.0659. The van der Waals surface area contributed by atoms with Crippen molar-refractivity contribution in [3.63, 3.8) is 0 Å². The van der Waals surface area contributed by atoms with Gasteiger partial charge in [0, 0.05) is 12.2 Å². The van der Waals surface area contributed by atoms with E-state index in [2.05, 4.69) is 14.8 Å². The van der Waals surface area contributed by atoms with Gasteiger partial charge in [0.05, 0.1) is 21.9 Å². The minimum absolute atomic E-state index is 0.0659. The predicted molar refractivity (Wildman–Crippen MR) is 58.8 cm³/mol. The highest BCUT2D eigenvalue weighted by atomic mass is 32.1. The van der Waals surface area contributed by atoms with Crippen LogP contribution in [-0.4, -0.2) is 20.7 Å². The van der Waals surface area contributed by atoms with Gasteiger partial charge in [0.15, 0.2) is 0 Å². The molecule has 3 atom stereocenters. The molecule has 5 nitrogen and oxygen atoms in total. The van der Waals surface area contributed by atoms with Gasteiger partial charge in [0.1, 0.15) is 0 Å². The summed E-state index contributed by atoms with van der Waals surface area (Å²) in [7, 11) is 2.49. The molecule has 1 saturated heterocycles. The van der Waals surface area contributed by atoms with Crippen LogP contribution in [0.3, 0.4) is 0 Å². The van der Waals surface area contributed by atoms with Crippen molar-refractivity contribution in [1.29, 1.82) is 0 Å². The van der Waals surface area contributed by atoms with Crippen LogP contribution in [0.1, 0.15) is 0 Å². The molecule has 3 unspecified atom stereocenters. The molecular weight excluding hydrogens is 221 g/mol. The highest BCUT2D eigenvalue weighted by molar-refractivity contribution is 7.80. The summed E-state index contributed by atoms with van der Waals surface area (Å²) in [6.07, 6.45) is 4.88. The lowest BCUT2D eigenvalue weighted by Crippen LogP contribution is -2.28. The number of fused-ring (bicyclic) bond motifs is 1. The molecule has 0 aromatic heterocycles. The first-order chi connectivity index (χ1) is 6.59. The van der Waals surface area contributed by atoms with Gasteiger partial charge in [0.2, 0.25) is 0 Å². The van der Waals surface area contributed by atoms with E-state index in [-0.39, 0.29) is 17.7 Å². The number of thiocarbonyl (C=S) groups is 1. The van der Waals surface area contributed by atoms with E-state index in [1.54, 1.807) is 16.9 Å². The molecule has 0 spiro atoms. The van der Waals surface area contributed by atoms with Crippen molar-refractivity contribution in [3.8, 4) is 0 Å². The average Bonchev–Trinajstić information content (AvgIpc) is 2.42. The lowest BCUT2D eigenvalue weighted by molar-refractivity contribution is -0.419. The molecular formula is C7H8N3O2PS. The van der Waals surface area contributed by atoms with Crippen molar-refractivity contribution in [2.75, 3.05) is 0 Å². The topological polar surface area (TPSA) is 58.4 Å². The molecule has 0 radical (unpaired) electrons. The maximum atomic E-state index is 10.5. The quantitative estimate of drug-likeness (QED) is 0.309. The first-order valence-corrected chi connectivity index (χ1v) is 4.91. The van der Waals surface area contributed by atoms with Gasteiger partial charge in [-0.2, -0.15) is 0 Å². The maximum absolute atomic E-state index is 10.5. The highest BCUT2D eigenvalue weighted by Crippen LogP contribution is 2.28. The van der Waals surface area contributed by atoms with Crippen molar-refractivity contribution in [2.24, 2.45) is 5.92 Å². The number of nitrogens with one attached hydrogen (secondary N) is 1. The van der Waals surface area contributed by atoms with Crippen LogP contribution in [-0.2, 0) is 0 Å². The van der Waals surface area contributed by atoms with Crippen LogP contribution in [0.4, 0.5) is 0 Å². The van der Waals surface area contributed by atoms with E-state index in [0.717, 1.165) is 0 Å². The van der Waals surface area contributed by atoms with Gasteiger partial charge >= 0.3 is 0 Å². The fraction of sp³-hybridized carbons (Fsp3) is 0.286. The molecule has 0 amide bonds. The molecule has 74 valence electrons. The molecule has 1 aliphatic heterocycles. The molecule has 0 aromatic carbocycles. The van der Waals surface area contributed by atoms with Crippen LogP contribution >= 0.6 is 21.6 Å². The second-order valence-electron chi connectivity index (χ2n) is 3.11. The fourth-order valence-electron chi connectivity index (χ4n) is 1.55. The zero-order valence-corrected chi connectivity index (χ0v) is 9.05. The third kappa shape index (κ3) is 1.45. The maximum Gasteiger partial charge on any atom is 0.265 e. The molecule has 1 fully saturated rings. The van der Waals surface area contributed by atoms with Crippen LogP contribution in [0.25, 0.3) is 0 Å². The Hall–Kier alpha value is -0.840. The van der Waals surface area contributed by atoms with E-state index in [1.165, 1.54) is 6.08 Å². The van der Waals surface area contributed by atoms with Crippen LogP contribution in [0.2, 0.25) is 0 Å². The standard InChI is InChI=1S/C7H8N3O2PS/c11-10(12)4-1-2-6-5(3-4)7(14)8-9(6)13/h1-3,5-6H,13H2,(H,8,14). The molecule has 1 N–H and O–H groups in total. The Morgan fingerprint density at radius 1 is 1.71 bits per heavy atom. The summed E-state index contributed by atoms with van der Waals surface area (Å²) >= 11 is 5.07. The zero-order chi connectivity index (χ0) is 10.3. The Morgan fingerprint density at radius 2 is 2.43 bits per heavy atom. The smallest absolute Gasteiger partial charge is 0.265 e. The Kier molecular flexibility index (Phi) is 2.34. The summed E-state index contributed by atoms with van der Waals surface area (Å²) in [4.78, 5) is 10.8. The minimum atomic E-state index is -0.402. The summed E-state index contributed by atoms with van der Waals surface area (Å²) in [5, 5.41) is 10.5. The summed E-state index contributed by atoms with van der Waals surface area (Å²) in [5.41, 5.74) is 3.03. The SMILES string of the molecule is O=[N+]([O-])C1=CC2C(=S)NN(P)C2C=C1. The molecule has 0 saturated carbocycles. The largest absolute Gasteiger partial charge is 0.309 e. The van der Waals surface area contributed by atoms with Gasteiger partial charge in [-0.1, -0.05) is 18.3 Å². The molecule has 1 aliphatic carbocycles. The Balaban J connectivity index is 2.31. The molecule has 7 heteroatoms. The number of rotatable bonds is 1. The molecule has 1 heterocycles. The van der Waals surface area contributed by atoms with Gasteiger partial charge in [-0.25, -0.2) is 4.78 Å². The van der Waals surface area contributed by atoms with Crippen LogP contribution in [0.5, 0.6) is 0 Å². The summed E-state index contributed by atoms with van der Waals surface area (Å²) < 4.78 is 1.77. The molecule has 0 aromatic rings. The van der Waals surface area contributed by atoms with E-state index >= 15 is 0 Å².